The molecule has 0 spiro atoms. The van der Waals surface area contributed by atoms with Crippen LogP contribution < -0.4 is 10.6 Å². The third kappa shape index (κ3) is 2.50. The summed E-state index contributed by atoms with van der Waals surface area (Å²) in [7, 11) is 0. The van der Waals surface area contributed by atoms with Crippen molar-refractivity contribution in [3.05, 3.63) is 59.4 Å². The SMILES string of the molecule is Cc1cccnc1CNC(=O)C1Cc2ccccc2N1. The molecule has 102 valence electrons. The first-order valence-corrected chi connectivity index (χ1v) is 6.76. The predicted molar refractivity (Wildman–Crippen MR) is 78.4 cm³/mol. The lowest BCUT2D eigenvalue weighted by Crippen LogP contribution is -2.38. The van der Waals surface area contributed by atoms with Gasteiger partial charge in [-0.05, 0) is 30.2 Å². The Bertz CT molecular complexity index is 614. The largest absolute Gasteiger partial charge is 0.373 e. The monoisotopic (exact) mass is 267 g/mol. The standard InChI is InChI=1S/C16H17N3O/c1-11-5-4-8-17-15(11)10-18-16(20)14-9-12-6-2-3-7-13(12)19-14/h2-8,14,19H,9-10H2,1H3,(H,18,20). The average Bonchev–Trinajstić information content (AvgIpc) is 2.90. The van der Waals surface area contributed by atoms with Gasteiger partial charge in [0.05, 0.1) is 12.2 Å². The van der Waals surface area contributed by atoms with E-state index < -0.39 is 0 Å². The summed E-state index contributed by atoms with van der Waals surface area (Å²) < 4.78 is 0. The molecule has 1 atom stereocenters. The van der Waals surface area contributed by atoms with Gasteiger partial charge < -0.3 is 10.6 Å². The van der Waals surface area contributed by atoms with Crippen LogP contribution in [0.25, 0.3) is 0 Å². The molecule has 4 nitrogen and oxygen atoms in total. The maximum atomic E-state index is 12.2. The van der Waals surface area contributed by atoms with Crippen LogP contribution >= 0.6 is 0 Å². The Hall–Kier alpha value is -2.36. The van der Waals surface area contributed by atoms with Crippen molar-refractivity contribution in [3.63, 3.8) is 0 Å². The second kappa shape index (κ2) is 5.33. The maximum absolute atomic E-state index is 12.2. The lowest BCUT2D eigenvalue weighted by molar-refractivity contribution is -0.121. The summed E-state index contributed by atoms with van der Waals surface area (Å²) in [6.45, 7) is 2.47. The molecule has 1 aliphatic heterocycles. The molecular weight excluding hydrogens is 250 g/mol. The molecule has 1 amide bonds. The van der Waals surface area contributed by atoms with Crippen molar-refractivity contribution < 1.29 is 4.79 Å². The Balaban J connectivity index is 1.61. The zero-order valence-electron chi connectivity index (χ0n) is 11.4. The quantitative estimate of drug-likeness (QED) is 0.895. The van der Waals surface area contributed by atoms with E-state index in [0.717, 1.165) is 23.4 Å². The van der Waals surface area contributed by atoms with Gasteiger partial charge in [0.15, 0.2) is 0 Å². The molecule has 1 aliphatic rings. The van der Waals surface area contributed by atoms with Crippen LogP contribution in [0.15, 0.2) is 42.6 Å². The minimum atomic E-state index is -0.184. The number of hydrogen-bond donors (Lipinski definition) is 2. The fraction of sp³-hybridized carbons (Fsp3) is 0.250. The number of anilines is 1. The molecule has 1 aromatic carbocycles. The highest BCUT2D eigenvalue weighted by atomic mass is 16.2. The van der Waals surface area contributed by atoms with Gasteiger partial charge >= 0.3 is 0 Å². The summed E-state index contributed by atoms with van der Waals surface area (Å²) in [6.07, 6.45) is 2.49. The van der Waals surface area contributed by atoms with E-state index in [1.807, 2.05) is 37.3 Å². The second-order valence-electron chi connectivity index (χ2n) is 5.04. The van der Waals surface area contributed by atoms with E-state index in [1.54, 1.807) is 6.20 Å². The number of para-hydroxylation sites is 1. The number of nitrogens with one attached hydrogen (secondary N) is 2. The summed E-state index contributed by atoms with van der Waals surface area (Å²) in [4.78, 5) is 16.5. The fourth-order valence-electron chi connectivity index (χ4n) is 2.45. The number of benzene rings is 1. The Morgan fingerprint density at radius 3 is 3.00 bits per heavy atom. The summed E-state index contributed by atoms with van der Waals surface area (Å²) in [5.41, 5.74) is 4.26. The molecule has 0 radical (unpaired) electrons. The van der Waals surface area contributed by atoms with E-state index >= 15 is 0 Å². The Morgan fingerprint density at radius 2 is 2.20 bits per heavy atom. The van der Waals surface area contributed by atoms with E-state index in [-0.39, 0.29) is 11.9 Å². The van der Waals surface area contributed by atoms with Crippen LogP contribution in [-0.2, 0) is 17.8 Å². The van der Waals surface area contributed by atoms with Gasteiger partial charge in [-0.15, -0.1) is 0 Å². The molecule has 0 saturated heterocycles. The van der Waals surface area contributed by atoms with Gasteiger partial charge in [-0.1, -0.05) is 24.3 Å². The molecule has 2 N–H and O–H groups in total. The highest BCUT2D eigenvalue weighted by molar-refractivity contribution is 5.87. The number of carbonyl (C=O) groups is 1. The smallest absolute Gasteiger partial charge is 0.243 e. The van der Waals surface area contributed by atoms with E-state index in [1.165, 1.54) is 5.56 Å². The topological polar surface area (TPSA) is 54.0 Å². The molecule has 0 saturated carbocycles. The van der Waals surface area contributed by atoms with E-state index in [2.05, 4.69) is 21.7 Å². The zero-order chi connectivity index (χ0) is 13.9. The van der Waals surface area contributed by atoms with E-state index in [0.29, 0.717) is 6.54 Å². The number of nitrogens with zero attached hydrogens (tertiary/aromatic N) is 1. The van der Waals surface area contributed by atoms with Gasteiger partial charge in [0.2, 0.25) is 5.91 Å². The molecule has 3 rings (SSSR count). The normalized spacial score (nSPS) is 16.4. The van der Waals surface area contributed by atoms with Gasteiger partial charge in [0.1, 0.15) is 6.04 Å². The number of aryl methyl sites for hydroxylation is 1. The van der Waals surface area contributed by atoms with Gasteiger partial charge in [-0.25, -0.2) is 0 Å². The number of hydrogen-bond acceptors (Lipinski definition) is 3. The van der Waals surface area contributed by atoms with Gasteiger partial charge in [0.25, 0.3) is 0 Å². The lowest BCUT2D eigenvalue weighted by Gasteiger charge is -2.12. The molecule has 1 unspecified atom stereocenters. The third-order valence-corrected chi connectivity index (χ3v) is 3.64. The molecule has 4 heteroatoms. The molecule has 0 fully saturated rings. The molecular formula is C16H17N3O. The summed E-state index contributed by atoms with van der Waals surface area (Å²) in [5, 5.41) is 6.21. The Kier molecular flexibility index (Phi) is 3.37. The van der Waals surface area contributed by atoms with Crippen molar-refractivity contribution in [3.8, 4) is 0 Å². The molecule has 1 aromatic heterocycles. The number of carbonyl (C=O) groups excluding carboxylic acids is 1. The van der Waals surface area contributed by atoms with Crippen LogP contribution in [0.1, 0.15) is 16.8 Å². The Labute approximate surface area is 118 Å². The minimum Gasteiger partial charge on any atom is -0.373 e. The third-order valence-electron chi connectivity index (χ3n) is 3.64. The molecule has 0 aliphatic carbocycles. The lowest BCUT2D eigenvalue weighted by atomic mass is 10.1. The van der Waals surface area contributed by atoms with E-state index in [9.17, 15) is 4.79 Å². The number of fused-ring (bicyclic) bond motifs is 1. The highest BCUT2D eigenvalue weighted by Gasteiger charge is 2.25. The first-order valence-electron chi connectivity index (χ1n) is 6.76. The first-order chi connectivity index (χ1) is 9.74. The van der Waals surface area contributed by atoms with Crippen molar-refractivity contribution in [2.75, 3.05) is 5.32 Å². The number of aromatic nitrogens is 1. The highest BCUT2D eigenvalue weighted by Crippen LogP contribution is 2.25. The van der Waals surface area contributed by atoms with Gasteiger partial charge in [0, 0.05) is 18.3 Å². The predicted octanol–water partition coefficient (Wildman–Crippen LogP) is 2.04. The number of pyridine rings is 1. The summed E-state index contributed by atoms with van der Waals surface area (Å²) >= 11 is 0. The fourth-order valence-corrected chi connectivity index (χ4v) is 2.45. The minimum absolute atomic E-state index is 0.0197. The average molecular weight is 267 g/mol. The van der Waals surface area contributed by atoms with E-state index in [4.69, 9.17) is 0 Å². The van der Waals surface area contributed by atoms with Crippen molar-refractivity contribution in [1.82, 2.24) is 10.3 Å². The molecule has 0 bridgehead atoms. The second-order valence-corrected chi connectivity index (χ2v) is 5.04. The summed E-state index contributed by atoms with van der Waals surface area (Å²) in [5.74, 6) is 0.0197. The molecule has 2 heterocycles. The first kappa shape index (κ1) is 12.7. The van der Waals surface area contributed by atoms with Crippen LogP contribution in [0.4, 0.5) is 5.69 Å². The molecule has 20 heavy (non-hydrogen) atoms. The molecule has 2 aromatic rings. The van der Waals surface area contributed by atoms with Crippen molar-refractivity contribution in [2.24, 2.45) is 0 Å². The number of rotatable bonds is 3. The van der Waals surface area contributed by atoms with Gasteiger partial charge in [-0.3, -0.25) is 9.78 Å². The van der Waals surface area contributed by atoms with Crippen LogP contribution in [0.3, 0.4) is 0 Å². The van der Waals surface area contributed by atoms with Crippen molar-refractivity contribution >= 4 is 11.6 Å². The van der Waals surface area contributed by atoms with Gasteiger partial charge in [-0.2, -0.15) is 0 Å². The van der Waals surface area contributed by atoms with Crippen molar-refractivity contribution in [1.29, 1.82) is 0 Å². The van der Waals surface area contributed by atoms with Crippen LogP contribution in [0.5, 0.6) is 0 Å². The van der Waals surface area contributed by atoms with Crippen LogP contribution in [-0.4, -0.2) is 16.9 Å². The van der Waals surface area contributed by atoms with Crippen LogP contribution in [0, 0.1) is 6.92 Å². The van der Waals surface area contributed by atoms with Crippen LogP contribution in [0.2, 0.25) is 0 Å². The zero-order valence-corrected chi connectivity index (χ0v) is 11.4. The summed E-state index contributed by atoms with van der Waals surface area (Å²) in [6, 6.07) is 11.7. The van der Waals surface area contributed by atoms with Crippen molar-refractivity contribution in [2.45, 2.75) is 25.9 Å². The Morgan fingerprint density at radius 1 is 1.35 bits per heavy atom. The number of amides is 1. The maximum Gasteiger partial charge on any atom is 0.243 e.